The highest BCUT2D eigenvalue weighted by Crippen LogP contribution is 2.27. The Balaban J connectivity index is 2.01. The minimum Gasteiger partial charge on any atom is -0.375 e. The Kier molecular flexibility index (Phi) is 5.09. The van der Waals surface area contributed by atoms with E-state index < -0.39 is 0 Å². The summed E-state index contributed by atoms with van der Waals surface area (Å²) in [5.74, 6) is -0.0963. The topological polar surface area (TPSA) is 41.1 Å². The molecule has 0 unspecified atom stereocenters. The van der Waals surface area contributed by atoms with Crippen LogP contribution in [0.3, 0.4) is 0 Å². The molecule has 4 heteroatoms. The average Bonchev–Trinajstić information content (AvgIpc) is 2.35. The second kappa shape index (κ2) is 6.84. The van der Waals surface area contributed by atoms with Gasteiger partial charge in [0.15, 0.2) is 0 Å². The fourth-order valence-corrected chi connectivity index (χ4v) is 2.95. The molecule has 0 aliphatic heterocycles. The zero-order valence-corrected chi connectivity index (χ0v) is 14.1. The number of carbonyl (C=O) groups excluding carboxylic acids is 1. The molecule has 0 heterocycles. The molecule has 0 atom stereocenters. The number of anilines is 2. The van der Waals surface area contributed by atoms with Crippen LogP contribution in [0.4, 0.5) is 11.4 Å². The van der Waals surface area contributed by atoms with E-state index >= 15 is 0 Å². The lowest BCUT2D eigenvalue weighted by Crippen LogP contribution is -2.22. The van der Waals surface area contributed by atoms with Gasteiger partial charge in [-0.05, 0) is 68.1 Å². The zero-order chi connectivity index (χ0) is 16.3. The van der Waals surface area contributed by atoms with Crippen LogP contribution in [0.5, 0.6) is 0 Å². The van der Waals surface area contributed by atoms with E-state index in [-0.39, 0.29) is 12.5 Å². The van der Waals surface area contributed by atoms with Crippen molar-refractivity contribution in [2.45, 2.75) is 27.7 Å². The van der Waals surface area contributed by atoms with Gasteiger partial charge in [-0.3, -0.25) is 4.79 Å². The zero-order valence-electron chi connectivity index (χ0n) is 13.4. The highest BCUT2D eigenvalue weighted by Gasteiger charge is 2.08. The predicted molar refractivity (Wildman–Crippen MR) is 94.0 cm³/mol. The molecule has 2 N–H and O–H groups in total. The summed E-state index contributed by atoms with van der Waals surface area (Å²) in [7, 11) is 0. The van der Waals surface area contributed by atoms with Crippen LogP contribution in [-0.2, 0) is 4.79 Å². The van der Waals surface area contributed by atoms with E-state index in [4.69, 9.17) is 11.6 Å². The Hall–Kier alpha value is -2.00. The maximum atomic E-state index is 12.1. The molecular formula is C18H21ClN2O. The molecule has 0 fully saturated rings. The highest BCUT2D eigenvalue weighted by molar-refractivity contribution is 6.33. The summed E-state index contributed by atoms with van der Waals surface area (Å²) in [5.41, 5.74) is 6.01. The molecule has 0 bridgehead atoms. The van der Waals surface area contributed by atoms with Gasteiger partial charge in [0.05, 0.1) is 17.3 Å². The van der Waals surface area contributed by atoms with Crippen molar-refractivity contribution in [1.29, 1.82) is 0 Å². The third-order valence-electron chi connectivity index (χ3n) is 3.36. The summed E-state index contributed by atoms with van der Waals surface area (Å²) < 4.78 is 0. The third-order valence-corrected chi connectivity index (χ3v) is 3.66. The van der Waals surface area contributed by atoms with Gasteiger partial charge in [0.1, 0.15) is 0 Å². The number of rotatable bonds is 4. The monoisotopic (exact) mass is 316 g/mol. The normalized spacial score (nSPS) is 10.4. The fraction of sp³-hybridized carbons (Fsp3) is 0.278. The first-order valence-electron chi connectivity index (χ1n) is 7.24. The molecule has 0 radical (unpaired) electrons. The molecule has 1 amide bonds. The minimum atomic E-state index is -0.0963. The molecule has 0 saturated carbocycles. The van der Waals surface area contributed by atoms with Gasteiger partial charge in [0.25, 0.3) is 0 Å². The van der Waals surface area contributed by atoms with Crippen LogP contribution in [0.2, 0.25) is 5.02 Å². The molecule has 116 valence electrons. The van der Waals surface area contributed by atoms with Crippen molar-refractivity contribution in [3.63, 3.8) is 0 Å². The van der Waals surface area contributed by atoms with E-state index in [9.17, 15) is 4.79 Å². The maximum Gasteiger partial charge on any atom is 0.243 e. The van der Waals surface area contributed by atoms with E-state index in [1.54, 1.807) is 0 Å². The first kappa shape index (κ1) is 16.4. The molecular weight excluding hydrogens is 296 g/mol. The lowest BCUT2D eigenvalue weighted by atomic mass is 10.1. The van der Waals surface area contributed by atoms with Crippen molar-refractivity contribution in [3.8, 4) is 0 Å². The van der Waals surface area contributed by atoms with Gasteiger partial charge in [-0.25, -0.2) is 0 Å². The van der Waals surface area contributed by atoms with Crippen LogP contribution >= 0.6 is 11.6 Å². The molecule has 2 rings (SSSR count). The van der Waals surface area contributed by atoms with Crippen molar-refractivity contribution in [2.24, 2.45) is 0 Å². The van der Waals surface area contributed by atoms with Crippen LogP contribution in [0.1, 0.15) is 22.3 Å². The molecule has 2 aromatic carbocycles. The molecule has 0 aromatic heterocycles. The molecule has 22 heavy (non-hydrogen) atoms. The van der Waals surface area contributed by atoms with Crippen LogP contribution in [0.15, 0.2) is 30.3 Å². The lowest BCUT2D eigenvalue weighted by Gasteiger charge is -2.13. The number of hydrogen-bond donors (Lipinski definition) is 2. The Morgan fingerprint density at radius 1 is 0.955 bits per heavy atom. The average molecular weight is 317 g/mol. The van der Waals surface area contributed by atoms with Gasteiger partial charge in [-0.1, -0.05) is 23.7 Å². The van der Waals surface area contributed by atoms with E-state index in [0.29, 0.717) is 5.02 Å². The Morgan fingerprint density at radius 2 is 1.55 bits per heavy atom. The summed E-state index contributed by atoms with van der Waals surface area (Å²) in [6.07, 6.45) is 0. The smallest absolute Gasteiger partial charge is 0.243 e. The summed E-state index contributed by atoms with van der Waals surface area (Å²) >= 11 is 6.23. The number of aryl methyl sites for hydroxylation is 4. The fourth-order valence-electron chi connectivity index (χ4n) is 2.56. The van der Waals surface area contributed by atoms with Crippen molar-refractivity contribution < 1.29 is 4.79 Å². The maximum absolute atomic E-state index is 12.1. The van der Waals surface area contributed by atoms with Gasteiger partial charge in [0.2, 0.25) is 5.91 Å². The van der Waals surface area contributed by atoms with Gasteiger partial charge in [-0.15, -0.1) is 0 Å². The van der Waals surface area contributed by atoms with Crippen molar-refractivity contribution in [1.82, 2.24) is 0 Å². The second-order valence-corrected chi connectivity index (χ2v) is 6.12. The SMILES string of the molecule is Cc1cc(C)cc(NC(=O)CNc2c(C)cc(C)cc2Cl)c1. The number of amides is 1. The Morgan fingerprint density at radius 3 is 2.14 bits per heavy atom. The van der Waals surface area contributed by atoms with Gasteiger partial charge in [-0.2, -0.15) is 0 Å². The largest absolute Gasteiger partial charge is 0.375 e. The molecule has 0 aliphatic rings. The quantitative estimate of drug-likeness (QED) is 0.863. The molecule has 3 nitrogen and oxygen atoms in total. The molecule has 0 aliphatic carbocycles. The van der Waals surface area contributed by atoms with E-state index in [1.807, 2.05) is 52.0 Å². The highest BCUT2D eigenvalue weighted by atomic mass is 35.5. The minimum absolute atomic E-state index is 0.0963. The Labute approximate surface area is 136 Å². The third kappa shape index (κ3) is 4.25. The van der Waals surface area contributed by atoms with Crippen LogP contribution in [0.25, 0.3) is 0 Å². The Bertz CT molecular complexity index is 667. The predicted octanol–water partition coefficient (Wildman–Crippen LogP) is 4.62. The van der Waals surface area contributed by atoms with Crippen molar-refractivity contribution in [3.05, 3.63) is 57.6 Å². The van der Waals surface area contributed by atoms with Crippen LogP contribution in [-0.4, -0.2) is 12.5 Å². The first-order valence-corrected chi connectivity index (χ1v) is 7.61. The van der Waals surface area contributed by atoms with E-state index in [2.05, 4.69) is 16.7 Å². The summed E-state index contributed by atoms with van der Waals surface area (Å²) in [5, 5.41) is 6.65. The number of benzene rings is 2. The summed E-state index contributed by atoms with van der Waals surface area (Å²) in [6, 6.07) is 9.90. The molecule has 0 spiro atoms. The number of hydrogen-bond acceptors (Lipinski definition) is 2. The van der Waals surface area contributed by atoms with Crippen molar-refractivity contribution >= 4 is 28.9 Å². The number of nitrogens with one attached hydrogen (secondary N) is 2. The van der Waals surface area contributed by atoms with Gasteiger partial charge >= 0.3 is 0 Å². The standard InChI is InChI=1S/C18H21ClN2O/c1-11-5-12(2)8-15(7-11)21-17(22)10-20-18-14(4)6-13(3)9-16(18)19/h5-9,20H,10H2,1-4H3,(H,21,22). The van der Waals surface area contributed by atoms with Gasteiger partial charge < -0.3 is 10.6 Å². The molecule has 0 saturated heterocycles. The number of halogens is 1. The van der Waals surface area contributed by atoms with Crippen molar-refractivity contribution in [2.75, 3.05) is 17.2 Å². The molecule has 2 aromatic rings. The van der Waals surface area contributed by atoms with Gasteiger partial charge in [0, 0.05) is 5.69 Å². The lowest BCUT2D eigenvalue weighted by molar-refractivity contribution is -0.114. The number of carbonyl (C=O) groups is 1. The van der Waals surface area contributed by atoms with E-state index in [1.165, 1.54) is 0 Å². The second-order valence-electron chi connectivity index (χ2n) is 5.72. The summed E-state index contributed by atoms with van der Waals surface area (Å²) in [4.78, 5) is 12.1. The first-order chi connectivity index (χ1) is 10.3. The van der Waals surface area contributed by atoms with E-state index in [0.717, 1.165) is 33.6 Å². The van der Waals surface area contributed by atoms with Crippen LogP contribution < -0.4 is 10.6 Å². The van der Waals surface area contributed by atoms with Crippen LogP contribution in [0, 0.1) is 27.7 Å². The summed E-state index contributed by atoms with van der Waals surface area (Å²) in [6.45, 7) is 8.17.